The highest BCUT2D eigenvalue weighted by Crippen LogP contribution is 2.46. The number of benzene rings is 2. The van der Waals surface area contributed by atoms with E-state index in [9.17, 15) is 22.8 Å². The molecule has 3 aliphatic rings. The van der Waals surface area contributed by atoms with Crippen molar-refractivity contribution in [3.05, 3.63) is 130 Å². The van der Waals surface area contributed by atoms with E-state index in [1.807, 2.05) is 18.2 Å². The molecule has 2 aromatic heterocycles. The zero-order chi connectivity index (χ0) is 29.9. The molecule has 0 fully saturated rings. The lowest BCUT2D eigenvalue weighted by Crippen LogP contribution is -2.43. The largest absolute Gasteiger partial charge is 0.310 e. The highest BCUT2D eigenvalue weighted by Gasteiger charge is 2.51. The fourth-order valence-corrected chi connectivity index (χ4v) is 6.31. The molecule has 43 heavy (non-hydrogen) atoms. The second-order valence-electron chi connectivity index (χ2n) is 11.1. The van der Waals surface area contributed by atoms with E-state index in [4.69, 9.17) is 0 Å². The first-order chi connectivity index (χ1) is 20.7. The molecule has 0 saturated heterocycles. The van der Waals surface area contributed by atoms with Crippen molar-refractivity contribution >= 4 is 29.4 Å². The van der Waals surface area contributed by atoms with Gasteiger partial charge in [-0.05, 0) is 60.9 Å². The Labute approximate surface area is 244 Å². The monoisotopic (exact) mass is 579 g/mol. The van der Waals surface area contributed by atoms with Crippen LogP contribution in [-0.2, 0) is 33.5 Å². The molecule has 2 aromatic carbocycles. The highest BCUT2D eigenvalue weighted by molar-refractivity contribution is 6.46. The lowest BCUT2D eigenvalue weighted by molar-refractivity contribution is -0.126. The number of pyridine rings is 2. The van der Waals surface area contributed by atoms with E-state index >= 15 is 0 Å². The van der Waals surface area contributed by atoms with Crippen molar-refractivity contribution in [3.63, 3.8) is 0 Å². The van der Waals surface area contributed by atoms with Crippen LogP contribution in [0.3, 0.4) is 0 Å². The second kappa shape index (κ2) is 9.72. The summed E-state index contributed by atoms with van der Waals surface area (Å²) in [6.07, 6.45) is 7.80. The van der Waals surface area contributed by atoms with Crippen LogP contribution in [0.2, 0.25) is 0 Å². The Kier molecular flexibility index (Phi) is 6.05. The van der Waals surface area contributed by atoms with Crippen molar-refractivity contribution in [2.75, 3.05) is 11.9 Å². The molecule has 1 unspecified atom stereocenters. The number of carbonyl (C=O) groups excluding carboxylic acids is 2. The lowest BCUT2D eigenvalue weighted by Gasteiger charge is -2.32. The molecular weight excluding hydrogens is 555 g/mol. The number of fused-ring (bicyclic) bond motifs is 3. The fourth-order valence-electron chi connectivity index (χ4n) is 6.31. The van der Waals surface area contributed by atoms with Gasteiger partial charge in [-0.25, -0.2) is 23.1 Å². The quantitative estimate of drug-likeness (QED) is 0.357. The molecule has 1 spiro atoms. The Morgan fingerprint density at radius 1 is 0.977 bits per heavy atom. The maximum absolute atomic E-state index is 14.7. The number of carbonyl (C=O) groups is 2. The number of nitrogens with zero attached hydrogens (tertiary/aromatic N) is 4. The summed E-state index contributed by atoms with van der Waals surface area (Å²) in [6.45, 7) is 1.58. The summed E-state index contributed by atoms with van der Waals surface area (Å²) < 4.78 is 43.2. The number of rotatable bonds is 5. The maximum Gasteiger partial charge on any atom is 0.275 e. The van der Waals surface area contributed by atoms with Crippen molar-refractivity contribution in [2.24, 2.45) is 4.99 Å². The fraction of sp³-hybridized carbons (Fsp3) is 0.182. The van der Waals surface area contributed by atoms with Crippen molar-refractivity contribution < 1.29 is 22.8 Å². The smallest absolute Gasteiger partial charge is 0.275 e. The third-order valence-corrected chi connectivity index (χ3v) is 8.47. The van der Waals surface area contributed by atoms with Crippen LogP contribution in [0.25, 0.3) is 6.08 Å². The van der Waals surface area contributed by atoms with Gasteiger partial charge in [-0.3, -0.25) is 14.6 Å². The number of hydrogen-bond donors (Lipinski definition) is 1. The molecule has 1 N–H and O–H groups in total. The van der Waals surface area contributed by atoms with Gasteiger partial charge < -0.3 is 10.2 Å². The highest BCUT2D eigenvalue weighted by atomic mass is 19.1. The SMILES string of the molecule is C[C@@]1(c2cc(F)cc(F)c2)N=C(c2ccccc2F)C(=O)N1C/C=C/c1cnc2c(c1)CC1(C2)C(=O)Nc2ncccc21. The standard InChI is InChI=1S/C33H24F3N5O2/c1-32(21-13-22(34)15-23(35)14-21)40-28(24-7-2-3-9-26(24)36)30(42)41(32)11-5-6-19-12-20-16-33(17-27(20)38-18-19)25-8-4-10-37-29(25)39-31(33)43/h2-10,12-15,18H,11,16-17H2,1H3,(H,37,39,43)/b6-5+/t32-,33?/m1/s1. The predicted molar refractivity (Wildman–Crippen MR) is 154 cm³/mol. The second-order valence-corrected chi connectivity index (χ2v) is 11.1. The maximum atomic E-state index is 14.7. The van der Waals surface area contributed by atoms with E-state index in [2.05, 4.69) is 20.3 Å². The third kappa shape index (κ3) is 4.24. The van der Waals surface area contributed by atoms with Crippen molar-refractivity contribution in [1.29, 1.82) is 0 Å². The molecule has 214 valence electrons. The molecule has 0 saturated carbocycles. The number of nitrogens with one attached hydrogen (secondary N) is 1. The Morgan fingerprint density at radius 2 is 1.77 bits per heavy atom. The first kappa shape index (κ1) is 26.8. The summed E-state index contributed by atoms with van der Waals surface area (Å²) >= 11 is 0. The van der Waals surface area contributed by atoms with Crippen LogP contribution in [0.15, 0.2) is 84.1 Å². The van der Waals surface area contributed by atoms with Crippen LogP contribution in [-0.4, -0.2) is 38.9 Å². The third-order valence-electron chi connectivity index (χ3n) is 8.47. The minimum Gasteiger partial charge on any atom is -0.310 e. The van der Waals surface area contributed by atoms with Crippen LogP contribution in [0, 0.1) is 17.5 Å². The zero-order valence-corrected chi connectivity index (χ0v) is 22.9. The normalized spacial score (nSPS) is 22.3. The number of anilines is 1. The predicted octanol–water partition coefficient (Wildman–Crippen LogP) is 5.10. The average Bonchev–Trinajstić information content (AvgIpc) is 3.58. The first-order valence-corrected chi connectivity index (χ1v) is 13.7. The minimum atomic E-state index is -1.50. The van der Waals surface area contributed by atoms with Gasteiger partial charge in [0.15, 0.2) is 5.66 Å². The number of aliphatic imine (C=N–C) groups is 1. The molecular formula is C33H24F3N5O2. The van der Waals surface area contributed by atoms with E-state index in [1.165, 1.54) is 23.1 Å². The van der Waals surface area contributed by atoms with Crippen LogP contribution in [0.4, 0.5) is 19.0 Å². The van der Waals surface area contributed by atoms with Crippen LogP contribution in [0.5, 0.6) is 0 Å². The van der Waals surface area contributed by atoms with Crippen LogP contribution >= 0.6 is 0 Å². The zero-order valence-electron chi connectivity index (χ0n) is 22.9. The van der Waals surface area contributed by atoms with E-state index in [0.717, 1.165) is 40.6 Å². The molecule has 7 rings (SSSR count). The molecule has 0 radical (unpaired) electrons. The molecule has 0 bridgehead atoms. The van der Waals surface area contributed by atoms with Gasteiger partial charge in [0, 0.05) is 53.8 Å². The van der Waals surface area contributed by atoms with Gasteiger partial charge in [-0.1, -0.05) is 30.4 Å². The Morgan fingerprint density at radius 3 is 2.56 bits per heavy atom. The van der Waals surface area contributed by atoms with Gasteiger partial charge in [-0.2, -0.15) is 0 Å². The Hall–Kier alpha value is -5.12. The molecule has 1 aliphatic carbocycles. The molecule has 2 aliphatic heterocycles. The van der Waals surface area contributed by atoms with Gasteiger partial charge in [0.1, 0.15) is 29.0 Å². The average molecular weight is 580 g/mol. The Bertz CT molecular complexity index is 1890. The van der Waals surface area contributed by atoms with E-state index < -0.39 is 34.4 Å². The summed E-state index contributed by atoms with van der Waals surface area (Å²) in [5, 5.41) is 2.89. The van der Waals surface area contributed by atoms with Gasteiger partial charge in [0.05, 0.1) is 5.41 Å². The molecule has 2 atom stereocenters. The summed E-state index contributed by atoms with van der Waals surface area (Å²) in [5.41, 5.74) is 1.14. The summed E-state index contributed by atoms with van der Waals surface area (Å²) in [7, 11) is 0. The molecule has 4 heterocycles. The first-order valence-electron chi connectivity index (χ1n) is 13.7. The summed E-state index contributed by atoms with van der Waals surface area (Å²) in [4.78, 5) is 41.5. The van der Waals surface area contributed by atoms with E-state index in [-0.39, 0.29) is 29.3 Å². The lowest BCUT2D eigenvalue weighted by atomic mass is 9.80. The Balaban J connectivity index is 1.18. The van der Waals surface area contributed by atoms with Crippen LogP contribution in [0.1, 0.15) is 40.4 Å². The van der Waals surface area contributed by atoms with Gasteiger partial charge in [-0.15, -0.1) is 0 Å². The van der Waals surface area contributed by atoms with Gasteiger partial charge in [0.2, 0.25) is 5.91 Å². The van der Waals surface area contributed by atoms with Crippen molar-refractivity contribution in [1.82, 2.24) is 14.9 Å². The number of halogens is 3. The van der Waals surface area contributed by atoms with Crippen molar-refractivity contribution in [3.8, 4) is 0 Å². The summed E-state index contributed by atoms with van der Waals surface area (Å²) in [5.74, 6) is -2.35. The molecule has 4 aromatic rings. The number of hydrogen-bond acceptors (Lipinski definition) is 5. The molecule has 2 amide bonds. The number of amides is 2. The van der Waals surface area contributed by atoms with E-state index in [1.54, 1.807) is 37.5 Å². The molecule has 10 heteroatoms. The summed E-state index contributed by atoms with van der Waals surface area (Å²) in [6, 6.07) is 14.4. The van der Waals surface area contributed by atoms with Gasteiger partial charge in [0.25, 0.3) is 5.91 Å². The topological polar surface area (TPSA) is 87.5 Å². The molecule has 7 nitrogen and oxygen atoms in total. The minimum absolute atomic E-state index is 0.00607. The van der Waals surface area contributed by atoms with Gasteiger partial charge >= 0.3 is 0 Å². The van der Waals surface area contributed by atoms with E-state index in [0.29, 0.717) is 18.7 Å². The van der Waals surface area contributed by atoms with Crippen molar-refractivity contribution in [2.45, 2.75) is 30.8 Å². The number of aromatic nitrogens is 2. The van der Waals surface area contributed by atoms with Crippen LogP contribution < -0.4 is 5.32 Å².